The van der Waals surface area contributed by atoms with Crippen LogP contribution in [0.4, 0.5) is 11.4 Å². The number of azo groups is 1. The lowest BCUT2D eigenvalue weighted by molar-refractivity contribution is 1.24. The van der Waals surface area contributed by atoms with Crippen molar-refractivity contribution < 1.29 is 0 Å². The van der Waals surface area contributed by atoms with Crippen molar-refractivity contribution in [2.75, 3.05) is 0 Å². The van der Waals surface area contributed by atoms with Gasteiger partial charge in [-0.2, -0.15) is 5.11 Å². The van der Waals surface area contributed by atoms with Crippen LogP contribution in [0, 0.1) is 0 Å². The summed E-state index contributed by atoms with van der Waals surface area (Å²) >= 11 is 0. The van der Waals surface area contributed by atoms with Gasteiger partial charge in [-0.1, -0.05) is 36.4 Å². The first-order chi connectivity index (χ1) is 11.9. The van der Waals surface area contributed by atoms with Crippen LogP contribution in [-0.4, -0.2) is 9.97 Å². The van der Waals surface area contributed by atoms with Crippen molar-refractivity contribution in [1.29, 1.82) is 0 Å². The third kappa shape index (κ3) is 1.93. The molecule has 0 fully saturated rings. The molecule has 0 amide bonds. The lowest BCUT2D eigenvalue weighted by Crippen LogP contribution is -1.78. The first kappa shape index (κ1) is 13.1. The van der Waals surface area contributed by atoms with E-state index in [-0.39, 0.29) is 0 Å². The summed E-state index contributed by atoms with van der Waals surface area (Å²) in [7, 11) is 0. The molecule has 0 aliphatic heterocycles. The predicted molar refractivity (Wildman–Crippen MR) is 98.3 cm³/mol. The van der Waals surface area contributed by atoms with Crippen molar-refractivity contribution >= 4 is 44.0 Å². The normalized spacial score (nSPS) is 12.0. The lowest BCUT2D eigenvalue weighted by Gasteiger charge is -2.02. The molecule has 5 aromatic rings. The van der Waals surface area contributed by atoms with Gasteiger partial charge in [-0.15, -0.1) is 5.11 Å². The number of aromatic amines is 2. The summed E-state index contributed by atoms with van der Waals surface area (Å²) in [6.45, 7) is 0. The molecule has 0 atom stereocenters. The fraction of sp³-hybridized carbons (Fsp3) is 0. The summed E-state index contributed by atoms with van der Waals surface area (Å²) in [6, 6.07) is 20.4. The highest BCUT2D eigenvalue weighted by atomic mass is 15.1. The van der Waals surface area contributed by atoms with E-state index in [4.69, 9.17) is 0 Å². The zero-order valence-corrected chi connectivity index (χ0v) is 12.8. The SMILES string of the molecule is c1ccc(N=Nc2c[nH]c3c2ccc2c3ccc3cc[nH]c32)cc1. The second kappa shape index (κ2) is 5.06. The van der Waals surface area contributed by atoms with Crippen LogP contribution in [0.5, 0.6) is 0 Å². The second-order valence-corrected chi connectivity index (χ2v) is 5.80. The Bertz CT molecular complexity index is 1200. The van der Waals surface area contributed by atoms with Crippen LogP contribution in [0.2, 0.25) is 0 Å². The van der Waals surface area contributed by atoms with Crippen LogP contribution in [-0.2, 0) is 0 Å². The fourth-order valence-corrected chi connectivity index (χ4v) is 3.21. The molecule has 2 aromatic heterocycles. The molecule has 2 heterocycles. The van der Waals surface area contributed by atoms with E-state index in [1.165, 1.54) is 16.2 Å². The molecule has 5 rings (SSSR count). The Morgan fingerprint density at radius 1 is 0.625 bits per heavy atom. The van der Waals surface area contributed by atoms with Crippen molar-refractivity contribution in [3.8, 4) is 0 Å². The summed E-state index contributed by atoms with van der Waals surface area (Å²) in [5.41, 5.74) is 3.95. The number of fused-ring (bicyclic) bond motifs is 5. The number of nitrogens with zero attached hydrogens (tertiary/aromatic N) is 2. The fourth-order valence-electron chi connectivity index (χ4n) is 3.21. The molecular formula is C20H14N4. The van der Waals surface area contributed by atoms with Gasteiger partial charge in [0.2, 0.25) is 0 Å². The van der Waals surface area contributed by atoms with Gasteiger partial charge in [-0.25, -0.2) is 0 Å². The summed E-state index contributed by atoms with van der Waals surface area (Å²) in [5, 5.41) is 13.4. The average molecular weight is 310 g/mol. The maximum atomic E-state index is 4.41. The van der Waals surface area contributed by atoms with E-state index in [2.05, 4.69) is 50.5 Å². The van der Waals surface area contributed by atoms with Gasteiger partial charge in [-0.3, -0.25) is 0 Å². The van der Waals surface area contributed by atoms with Crippen LogP contribution in [0.15, 0.2) is 83.3 Å². The van der Waals surface area contributed by atoms with Crippen LogP contribution in [0.25, 0.3) is 32.6 Å². The minimum Gasteiger partial charge on any atom is -0.361 e. The Hall–Kier alpha value is -3.40. The van der Waals surface area contributed by atoms with Gasteiger partial charge in [0, 0.05) is 33.9 Å². The molecule has 0 saturated heterocycles. The van der Waals surface area contributed by atoms with E-state index in [9.17, 15) is 0 Å². The van der Waals surface area contributed by atoms with E-state index in [0.717, 1.165) is 27.8 Å². The molecule has 4 heteroatoms. The molecule has 0 unspecified atom stereocenters. The molecule has 0 saturated carbocycles. The Labute approximate surface area is 137 Å². The van der Waals surface area contributed by atoms with E-state index >= 15 is 0 Å². The number of hydrogen-bond donors (Lipinski definition) is 2. The molecule has 114 valence electrons. The number of hydrogen-bond acceptors (Lipinski definition) is 2. The monoisotopic (exact) mass is 310 g/mol. The number of H-pyrrole nitrogens is 2. The van der Waals surface area contributed by atoms with Crippen molar-refractivity contribution in [3.63, 3.8) is 0 Å². The zero-order valence-electron chi connectivity index (χ0n) is 12.8. The molecular weight excluding hydrogens is 296 g/mol. The smallest absolute Gasteiger partial charge is 0.111 e. The molecule has 2 N–H and O–H groups in total. The van der Waals surface area contributed by atoms with Crippen molar-refractivity contribution in [1.82, 2.24) is 9.97 Å². The number of nitrogens with one attached hydrogen (secondary N) is 2. The summed E-state index contributed by atoms with van der Waals surface area (Å²) in [5.74, 6) is 0. The first-order valence-electron chi connectivity index (χ1n) is 7.87. The van der Waals surface area contributed by atoms with E-state index < -0.39 is 0 Å². The van der Waals surface area contributed by atoms with Crippen molar-refractivity contribution in [2.45, 2.75) is 0 Å². The standard InChI is InChI=1S/C20H14N4/c1-2-4-14(5-3-1)23-24-18-12-22-20-16-7-6-13-10-11-21-19(13)15(16)8-9-17(18)20/h1-12,21-22H. The minimum absolute atomic E-state index is 0.848. The van der Waals surface area contributed by atoms with Gasteiger partial charge >= 0.3 is 0 Å². The third-order valence-electron chi connectivity index (χ3n) is 4.38. The maximum Gasteiger partial charge on any atom is 0.111 e. The molecule has 0 aliphatic rings. The van der Waals surface area contributed by atoms with Gasteiger partial charge < -0.3 is 9.97 Å². The summed E-state index contributed by atoms with van der Waals surface area (Å²) in [4.78, 5) is 6.68. The molecule has 3 aromatic carbocycles. The van der Waals surface area contributed by atoms with Crippen molar-refractivity contribution in [3.05, 3.63) is 73.1 Å². The highest BCUT2D eigenvalue weighted by molar-refractivity contribution is 6.16. The minimum atomic E-state index is 0.848. The lowest BCUT2D eigenvalue weighted by atomic mass is 10.0. The Morgan fingerprint density at radius 3 is 2.33 bits per heavy atom. The zero-order chi connectivity index (χ0) is 15.9. The van der Waals surface area contributed by atoms with Gasteiger partial charge in [0.25, 0.3) is 0 Å². The number of benzene rings is 3. The first-order valence-corrected chi connectivity index (χ1v) is 7.87. The van der Waals surface area contributed by atoms with Crippen LogP contribution < -0.4 is 0 Å². The van der Waals surface area contributed by atoms with E-state index in [0.29, 0.717) is 0 Å². The largest absolute Gasteiger partial charge is 0.361 e. The Balaban J connectivity index is 1.69. The van der Waals surface area contributed by atoms with E-state index in [1.54, 1.807) is 0 Å². The van der Waals surface area contributed by atoms with Gasteiger partial charge in [-0.05, 0) is 24.3 Å². The van der Waals surface area contributed by atoms with Crippen LogP contribution in [0.3, 0.4) is 0 Å². The summed E-state index contributed by atoms with van der Waals surface area (Å²) < 4.78 is 0. The second-order valence-electron chi connectivity index (χ2n) is 5.80. The van der Waals surface area contributed by atoms with E-state index in [1.807, 2.05) is 42.7 Å². The Kier molecular flexibility index (Phi) is 2.76. The van der Waals surface area contributed by atoms with Gasteiger partial charge in [0.1, 0.15) is 5.69 Å². The van der Waals surface area contributed by atoms with Gasteiger partial charge in [0.15, 0.2) is 0 Å². The van der Waals surface area contributed by atoms with Crippen LogP contribution in [0.1, 0.15) is 0 Å². The molecule has 0 aliphatic carbocycles. The Morgan fingerprint density at radius 2 is 1.42 bits per heavy atom. The molecule has 24 heavy (non-hydrogen) atoms. The average Bonchev–Trinajstić information content (AvgIpc) is 3.27. The quantitative estimate of drug-likeness (QED) is 0.364. The van der Waals surface area contributed by atoms with Crippen molar-refractivity contribution in [2.24, 2.45) is 10.2 Å². The highest BCUT2D eigenvalue weighted by Gasteiger charge is 2.09. The molecule has 0 bridgehead atoms. The van der Waals surface area contributed by atoms with Gasteiger partial charge in [0.05, 0.1) is 16.7 Å². The predicted octanol–water partition coefficient (Wildman–Crippen LogP) is 6.22. The molecule has 4 nitrogen and oxygen atoms in total. The topological polar surface area (TPSA) is 56.3 Å². The number of aromatic nitrogens is 2. The third-order valence-corrected chi connectivity index (χ3v) is 4.38. The maximum absolute atomic E-state index is 4.41. The summed E-state index contributed by atoms with van der Waals surface area (Å²) in [6.07, 6.45) is 3.89. The number of rotatable bonds is 2. The highest BCUT2D eigenvalue weighted by Crippen LogP contribution is 2.35. The molecule has 0 radical (unpaired) electrons. The molecule has 0 spiro atoms. The van der Waals surface area contributed by atoms with Crippen LogP contribution >= 0.6 is 0 Å².